The molecule has 1 aromatic carbocycles. The van der Waals surface area contributed by atoms with Crippen LogP contribution in [-0.2, 0) is 29.3 Å². The second-order valence-corrected chi connectivity index (χ2v) is 6.52. The summed E-state index contributed by atoms with van der Waals surface area (Å²) in [4.78, 5) is 48.6. The molecular weight excluding hydrogens is 362 g/mol. The van der Waals surface area contributed by atoms with Crippen LogP contribution >= 0.6 is 11.6 Å². The Morgan fingerprint density at radius 3 is 2.46 bits per heavy atom. The number of carbonyl (C=O) groups excluding carboxylic acids is 4. The summed E-state index contributed by atoms with van der Waals surface area (Å²) in [6, 6.07) is 3.62. The number of rotatable bonds is 5. The number of ether oxygens (including phenoxy) is 2. The van der Waals surface area contributed by atoms with E-state index in [0.29, 0.717) is 16.1 Å². The number of Topliss-reactive ketones (excluding diaryl/α,β-unsaturated/α-hetero) is 1. The number of halogens is 1. The van der Waals surface area contributed by atoms with E-state index in [4.69, 9.17) is 16.3 Å². The Labute approximate surface area is 156 Å². The molecule has 1 aliphatic carbocycles. The number of hydrogen-bond acceptors (Lipinski definition) is 6. The van der Waals surface area contributed by atoms with E-state index in [1.807, 2.05) is 0 Å². The fourth-order valence-corrected chi connectivity index (χ4v) is 3.31. The number of benzene rings is 1. The van der Waals surface area contributed by atoms with Crippen molar-refractivity contribution in [2.75, 3.05) is 13.2 Å². The van der Waals surface area contributed by atoms with E-state index in [1.54, 1.807) is 32.9 Å². The van der Waals surface area contributed by atoms with Crippen LogP contribution in [0.15, 0.2) is 18.2 Å². The Bertz CT molecular complexity index is 762. The highest BCUT2D eigenvalue weighted by Gasteiger charge is 2.51. The van der Waals surface area contributed by atoms with Gasteiger partial charge >= 0.3 is 17.8 Å². The molecule has 1 aromatic rings. The van der Waals surface area contributed by atoms with Crippen molar-refractivity contribution in [2.45, 2.75) is 38.6 Å². The molecule has 1 N–H and O–H groups in total. The first-order valence-corrected chi connectivity index (χ1v) is 8.59. The van der Waals surface area contributed by atoms with E-state index >= 15 is 0 Å². The third-order valence-electron chi connectivity index (χ3n) is 4.31. The number of amides is 1. The van der Waals surface area contributed by atoms with Gasteiger partial charge in [-0.05, 0) is 31.5 Å². The maximum Gasteiger partial charge on any atom is 0.396 e. The van der Waals surface area contributed by atoms with Gasteiger partial charge in [-0.15, -0.1) is 0 Å². The molecule has 0 spiro atoms. The monoisotopic (exact) mass is 381 g/mol. The molecule has 0 fully saturated rings. The summed E-state index contributed by atoms with van der Waals surface area (Å²) < 4.78 is 9.66. The minimum absolute atomic E-state index is 0.0286. The molecule has 1 aliphatic rings. The SMILES string of the molecule is CCOC(=O)CC1(C)c2ccc(Cl)cc2C(=O)C1NC(=O)C(=O)OCC. The van der Waals surface area contributed by atoms with Crippen molar-refractivity contribution in [1.29, 1.82) is 0 Å². The van der Waals surface area contributed by atoms with Gasteiger partial charge < -0.3 is 14.8 Å². The first-order valence-electron chi connectivity index (χ1n) is 8.22. The Morgan fingerprint density at radius 2 is 1.85 bits per heavy atom. The van der Waals surface area contributed by atoms with Crippen molar-refractivity contribution in [3.63, 3.8) is 0 Å². The van der Waals surface area contributed by atoms with Gasteiger partial charge in [0.05, 0.1) is 19.6 Å². The van der Waals surface area contributed by atoms with E-state index in [2.05, 4.69) is 10.1 Å². The zero-order valence-electron chi connectivity index (χ0n) is 14.8. The van der Waals surface area contributed by atoms with Crippen LogP contribution in [0.2, 0.25) is 5.02 Å². The van der Waals surface area contributed by atoms with Crippen molar-refractivity contribution in [3.8, 4) is 0 Å². The standard InChI is InChI=1S/C18H20ClNO6/c1-4-25-13(21)9-18(3)12-7-6-10(19)8-11(12)14(22)15(18)20-16(23)17(24)26-5-2/h6-8,15H,4-5,9H2,1-3H3,(H,20,23). The highest BCUT2D eigenvalue weighted by atomic mass is 35.5. The van der Waals surface area contributed by atoms with Gasteiger partial charge in [0.25, 0.3) is 0 Å². The summed E-state index contributed by atoms with van der Waals surface area (Å²) in [5.41, 5.74) is -0.210. The highest BCUT2D eigenvalue weighted by molar-refractivity contribution is 6.33. The van der Waals surface area contributed by atoms with E-state index in [0.717, 1.165) is 0 Å². The van der Waals surface area contributed by atoms with Crippen LogP contribution < -0.4 is 5.32 Å². The lowest BCUT2D eigenvalue weighted by atomic mass is 9.77. The number of esters is 2. The maximum atomic E-state index is 12.8. The summed E-state index contributed by atoms with van der Waals surface area (Å²) >= 11 is 5.98. The molecule has 0 bridgehead atoms. The summed E-state index contributed by atoms with van der Waals surface area (Å²) in [5, 5.41) is 2.76. The quantitative estimate of drug-likeness (QED) is 0.616. The van der Waals surface area contributed by atoms with Gasteiger partial charge in [-0.25, -0.2) is 4.79 Å². The van der Waals surface area contributed by atoms with Crippen LogP contribution in [0.4, 0.5) is 0 Å². The van der Waals surface area contributed by atoms with Crippen LogP contribution in [-0.4, -0.2) is 42.9 Å². The van der Waals surface area contributed by atoms with Gasteiger partial charge in [-0.3, -0.25) is 14.4 Å². The molecule has 1 amide bonds. The molecular formula is C18H20ClNO6. The fourth-order valence-electron chi connectivity index (χ4n) is 3.14. The summed E-state index contributed by atoms with van der Waals surface area (Å²) in [5.74, 6) is -3.07. The topological polar surface area (TPSA) is 98.8 Å². The van der Waals surface area contributed by atoms with Gasteiger partial charge in [0.1, 0.15) is 6.04 Å². The Balaban J connectivity index is 2.41. The van der Waals surface area contributed by atoms with Crippen molar-refractivity contribution in [2.24, 2.45) is 0 Å². The van der Waals surface area contributed by atoms with Crippen molar-refractivity contribution < 1.29 is 28.7 Å². The number of fused-ring (bicyclic) bond motifs is 1. The lowest BCUT2D eigenvalue weighted by Crippen LogP contribution is -2.52. The van der Waals surface area contributed by atoms with Crippen LogP contribution in [0, 0.1) is 0 Å². The average molecular weight is 382 g/mol. The van der Waals surface area contributed by atoms with Crippen LogP contribution in [0.25, 0.3) is 0 Å². The highest BCUT2D eigenvalue weighted by Crippen LogP contribution is 2.42. The lowest BCUT2D eigenvalue weighted by molar-refractivity contribution is -0.155. The molecule has 0 aromatic heterocycles. The summed E-state index contributed by atoms with van der Waals surface area (Å²) in [6.45, 7) is 5.12. The van der Waals surface area contributed by atoms with Gasteiger partial charge in [-0.2, -0.15) is 0 Å². The van der Waals surface area contributed by atoms with Crippen molar-refractivity contribution >= 4 is 35.2 Å². The average Bonchev–Trinajstić information content (AvgIpc) is 2.76. The molecule has 2 unspecified atom stereocenters. The molecule has 0 heterocycles. The maximum absolute atomic E-state index is 12.8. The molecule has 140 valence electrons. The second kappa shape index (κ2) is 7.86. The lowest BCUT2D eigenvalue weighted by Gasteiger charge is -2.30. The third-order valence-corrected chi connectivity index (χ3v) is 4.55. The summed E-state index contributed by atoms with van der Waals surface area (Å²) in [6.07, 6.45) is -0.144. The van der Waals surface area contributed by atoms with Crippen LogP contribution in [0.3, 0.4) is 0 Å². The first kappa shape index (κ1) is 19.9. The van der Waals surface area contributed by atoms with E-state index in [-0.39, 0.29) is 19.6 Å². The molecule has 26 heavy (non-hydrogen) atoms. The van der Waals surface area contributed by atoms with E-state index < -0.39 is 35.1 Å². The zero-order valence-corrected chi connectivity index (χ0v) is 15.5. The zero-order chi connectivity index (χ0) is 19.5. The van der Waals surface area contributed by atoms with Gasteiger partial charge in [-0.1, -0.05) is 24.6 Å². The number of hydrogen-bond donors (Lipinski definition) is 1. The molecule has 7 nitrogen and oxygen atoms in total. The van der Waals surface area contributed by atoms with Crippen molar-refractivity contribution in [3.05, 3.63) is 34.3 Å². The molecule has 2 rings (SSSR count). The molecule has 0 radical (unpaired) electrons. The molecule has 0 saturated carbocycles. The number of ketones is 1. The number of carbonyl (C=O) groups is 4. The van der Waals surface area contributed by atoms with Crippen molar-refractivity contribution in [1.82, 2.24) is 5.32 Å². The van der Waals surface area contributed by atoms with E-state index in [1.165, 1.54) is 6.07 Å². The minimum atomic E-state index is -1.11. The number of nitrogens with one attached hydrogen (secondary N) is 1. The smallest absolute Gasteiger partial charge is 0.396 e. The largest absolute Gasteiger partial charge is 0.466 e. The van der Waals surface area contributed by atoms with Crippen LogP contribution in [0.1, 0.15) is 43.1 Å². The van der Waals surface area contributed by atoms with Gasteiger partial charge in [0.2, 0.25) is 0 Å². The molecule has 8 heteroatoms. The first-order chi connectivity index (χ1) is 12.2. The molecule has 2 atom stereocenters. The second-order valence-electron chi connectivity index (χ2n) is 6.08. The normalized spacial score (nSPS) is 21.1. The van der Waals surface area contributed by atoms with Gasteiger partial charge in [0, 0.05) is 16.0 Å². The molecule has 0 saturated heterocycles. The fraction of sp³-hybridized carbons (Fsp3) is 0.444. The van der Waals surface area contributed by atoms with Crippen LogP contribution in [0.5, 0.6) is 0 Å². The van der Waals surface area contributed by atoms with Gasteiger partial charge in [0.15, 0.2) is 5.78 Å². The molecule has 0 aliphatic heterocycles. The Kier molecular flexibility index (Phi) is 6.02. The third kappa shape index (κ3) is 3.72. The Morgan fingerprint density at radius 1 is 1.19 bits per heavy atom. The predicted octanol–water partition coefficient (Wildman–Crippen LogP) is 1.80. The Hall–Kier alpha value is -2.41. The minimum Gasteiger partial charge on any atom is -0.466 e. The van der Waals surface area contributed by atoms with E-state index in [9.17, 15) is 19.2 Å². The summed E-state index contributed by atoms with van der Waals surface area (Å²) in [7, 11) is 0. The predicted molar refractivity (Wildman–Crippen MR) is 92.9 cm³/mol.